The normalized spacial score (nSPS) is 28.5. The first-order chi connectivity index (χ1) is 24.0. The molecule has 6 rings (SSSR count). The number of aromatic nitrogens is 1. The van der Waals surface area contributed by atoms with Crippen molar-refractivity contribution < 1.29 is 38.5 Å². The van der Waals surface area contributed by atoms with E-state index in [9.17, 15) is 24.3 Å². The Kier molecular flexibility index (Phi) is 9.99. The topological polar surface area (TPSA) is 168 Å². The summed E-state index contributed by atoms with van der Waals surface area (Å²) in [6.07, 6.45) is 2.30. The largest absolute Gasteiger partial charge is 0.495 e. The molecule has 2 aromatic rings. The lowest BCUT2D eigenvalue weighted by Gasteiger charge is -2.35. The molecule has 0 bridgehead atoms. The number of methoxy groups -OCH3 is 1. The lowest BCUT2D eigenvalue weighted by Crippen LogP contribution is -2.59. The maximum absolute atomic E-state index is 14.5. The number of ether oxygens (including phenoxy) is 3. The van der Waals surface area contributed by atoms with Crippen molar-refractivity contribution in [2.24, 2.45) is 23.2 Å². The molecular formula is C37H50ClN5O8. The summed E-state index contributed by atoms with van der Waals surface area (Å²) in [7, 11) is 1.52. The van der Waals surface area contributed by atoms with Crippen LogP contribution in [0.3, 0.4) is 0 Å². The Morgan fingerprint density at radius 1 is 1.08 bits per heavy atom. The molecule has 3 saturated carbocycles. The van der Waals surface area contributed by atoms with Gasteiger partial charge in [-0.05, 0) is 74.8 Å². The van der Waals surface area contributed by atoms with Gasteiger partial charge in [-0.2, -0.15) is 0 Å². The summed E-state index contributed by atoms with van der Waals surface area (Å²) in [5.41, 5.74) is -1.69. The number of carbonyl (C=O) groups is 4. The highest BCUT2D eigenvalue weighted by Crippen LogP contribution is 2.52. The van der Waals surface area contributed by atoms with E-state index in [1.165, 1.54) is 18.4 Å². The van der Waals surface area contributed by atoms with Crippen molar-refractivity contribution in [3.8, 4) is 11.5 Å². The van der Waals surface area contributed by atoms with Crippen LogP contribution in [0.15, 0.2) is 18.2 Å². The van der Waals surface area contributed by atoms with E-state index in [4.69, 9.17) is 30.8 Å². The van der Waals surface area contributed by atoms with Gasteiger partial charge in [0.15, 0.2) is 0 Å². The van der Waals surface area contributed by atoms with Crippen LogP contribution >= 0.6 is 11.6 Å². The predicted molar refractivity (Wildman–Crippen MR) is 191 cm³/mol. The average molecular weight is 728 g/mol. The molecule has 4 N–H and O–H groups in total. The maximum atomic E-state index is 14.5. The maximum Gasteiger partial charge on any atom is 0.408 e. The molecule has 13 nitrogen and oxygen atoms in total. The van der Waals surface area contributed by atoms with Gasteiger partial charge in [0.05, 0.1) is 19.2 Å². The van der Waals surface area contributed by atoms with Gasteiger partial charge in [-0.3, -0.25) is 9.59 Å². The monoisotopic (exact) mass is 727 g/mol. The number of alkyl carbamates (subject to hydrolysis) is 1. The number of halogens is 1. The second-order valence-electron chi connectivity index (χ2n) is 16.0. The van der Waals surface area contributed by atoms with E-state index in [-0.39, 0.29) is 31.0 Å². The third-order valence-electron chi connectivity index (χ3n) is 10.8. The molecule has 278 valence electrons. The van der Waals surface area contributed by atoms with Crippen LogP contribution in [0, 0.1) is 23.2 Å². The fourth-order valence-electron chi connectivity index (χ4n) is 7.86. The summed E-state index contributed by atoms with van der Waals surface area (Å²) < 4.78 is 17.8. The molecule has 0 spiro atoms. The Balaban J connectivity index is 1.29. The molecule has 4 fully saturated rings. The Morgan fingerprint density at radius 2 is 1.78 bits per heavy atom. The number of aliphatic carboxylic acids is 1. The molecule has 1 aliphatic heterocycles. The molecule has 1 aromatic carbocycles. The number of nitrogens with zero attached hydrogens (tertiary/aromatic N) is 2. The highest BCUT2D eigenvalue weighted by atomic mass is 35.5. The van der Waals surface area contributed by atoms with Gasteiger partial charge in [-0.1, -0.05) is 45.7 Å². The molecule has 0 radical (unpaired) electrons. The van der Waals surface area contributed by atoms with Gasteiger partial charge in [0.25, 0.3) is 0 Å². The van der Waals surface area contributed by atoms with Gasteiger partial charge in [0, 0.05) is 23.9 Å². The first-order valence-electron chi connectivity index (χ1n) is 18.0. The Labute approximate surface area is 303 Å². The van der Waals surface area contributed by atoms with Crippen LogP contribution in [0.25, 0.3) is 10.9 Å². The summed E-state index contributed by atoms with van der Waals surface area (Å²) in [4.78, 5) is 60.2. The van der Waals surface area contributed by atoms with Gasteiger partial charge in [-0.15, -0.1) is 0 Å². The number of nitrogens with one attached hydrogen (secondary N) is 3. The number of hydrogen-bond acceptors (Lipinski definition) is 9. The molecule has 1 saturated heterocycles. The quantitative estimate of drug-likeness (QED) is 0.223. The molecule has 3 amide bonds. The minimum Gasteiger partial charge on any atom is -0.495 e. The smallest absolute Gasteiger partial charge is 0.408 e. The number of carboxylic acids is 1. The molecule has 14 heteroatoms. The number of amides is 3. The number of fused-ring (bicyclic) bond motifs is 2. The minimum absolute atomic E-state index is 0.00410. The summed E-state index contributed by atoms with van der Waals surface area (Å²) in [5, 5.41) is 19.9. The Bertz CT molecular complexity index is 1700. The minimum atomic E-state index is -1.39. The fraction of sp³-hybridized carbons (Fsp3) is 0.649. The molecular weight excluding hydrogens is 678 g/mol. The Hall–Kier alpha value is -4.00. The van der Waals surface area contributed by atoms with E-state index in [2.05, 4.69) is 16.0 Å². The third-order valence-corrected chi connectivity index (χ3v) is 11.2. The van der Waals surface area contributed by atoms with Gasteiger partial charge in [0.2, 0.25) is 11.8 Å². The number of carbonyl (C=O) groups excluding carboxylic acids is 3. The molecule has 8 atom stereocenters. The zero-order chi connectivity index (χ0) is 37.0. The van der Waals surface area contributed by atoms with Crippen LogP contribution in [0.5, 0.6) is 11.5 Å². The zero-order valence-electron chi connectivity index (χ0n) is 30.4. The highest BCUT2D eigenvalue weighted by Gasteiger charge is 2.61. The molecule has 2 heterocycles. The standard InChI is InChI=1S/C37H50ClN5O8/c1-8-21-16-37(21,34(46)47)42-32(44)25-14-23(50-27-15-28(39-18(2)3)40-30-24(27)9-10-26(49-7)29(30)38)17-43(25)33(45)31(36(4,5)6)41-35(48)51-22-12-19-11-20(19)13-22/h9-10,15,18-23,25,31H,8,11-14,16-17H2,1-7H3,(H,39,40)(H,41,48)(H,42,44)(H,46,47)/t19-,20+,21-,22?,23-,25+,31-,37-/m1/s1. The predicted octanol–water partition coefficient (Wildman–Crippen LogP) is 5.37. The van der Waals surface area contributed by atoms with E-state index in [1.54, 1.807) is 18.2 Å². The van der Waals surface area contributed by atoms with E-state index >= 15 is 0 Å². The van der Waals surface area contributed by atoms with Gasteiger partial charge in [-0.25, -0.2) is 14.6 Å². The number of benzene rings is 1. The van der Waals surface area contributed by atoms with Crippen molar-refractivity contribution >= 4 is 52.2 Å². The number of rotatable bonds is 12. The van der Waals surface area contributed by atoms with Crippen molar-refractivity contribution in [1.29, 1.82) is 0 Å². The van der Waals surface area contributed by atoms with Gasteiger partial charge >= 0.3 is 12.1 Å². The number of anilines is 1. The lowest BCUT2D eigenvalue weighted by molar-refractivity contribution is -0.146. The van der Waals surface area contributed by atoms with Crippen molar-refractivity contribution in [1.82, 2.24) is 20.5 Å². The summed E-state index contributed by atoms with van der Waals surface area (Å²) in [6, 6.07) is 3.20. The molecule has 3 aliphatic carbocycles. The second-order valence-corrected chi connectivity index (χ2v) is 16.4. The molecule has 4 aliphatic rings. The van der Waals surface area contributed by atoms with E-state index < -0.39 is 53.0 Å². The molecule has 1 aromatic heterocycles. The fourth-order valence-corrected chi connectivity index (χ4v) is 8.14. The SMILES string of the molecule is CC[C@@H]1C[C@]1(NC(=O)[C@@H]1C[C@@H](Oc2cc(NC(C)C)nc3c(Cl)c(OC)ccc23)CN1C(=O)[C@@H](NC(=O)OC1C[C@@H]2C[C@@H]2C1)C(C)(C)C)C(=O)O. The van der Waals surface area contributed by atoms with E-state index in [1.807, 2.05) is 41.5 Å². The summed E-state index contributed by atoms with van der Waals surface area (Å²) >= 11 is 6.70. The first kappa shape index (κ1) is 36.8. The number of pyridine rings is 1. The van der Waals surface area contributed by atoms with Crippen LogP contribution in [0.2, 0.25) is 5.02 Å². The van der Waals surface area contributed by atoms with Crippen molar-refractivity contribution in [3.63, 3.8) is 0 Å². The molecule has 1 unspecified atom stereocenters. The zero-order valence-corrected chi connectivity index (χ0v) is 31.1. The summed E-state index contributed by atoms with van der Waals surface area (Å²) in [5.74, 6) is 0.242. The van der Waals surface area contributed by atoms with Crippen LogP contribution in [0.1, 0.15) is 80.1 Å². The van der Waals surface area contributed by atoms with Crippen molar-refractivity contribution in [3.05, 3.63) is 23.2 Å². The van der Waals surface area contributed by atoms with E-state index in [0.29, 0.717) is 57.9 Å². The summed E-state index contributed by atoms with van der Waals surface area (Å²) in [6.45, 7) is 11.3. The number of carboxylic acid groups (broad SMARTS) is 1. The van der Waals surface area contributed by atoms with Gasteiger partial charge < -0.3 is 40.2 Å². The average Bonchev–Trinajstić information content (AvgIpc) is 3.86. The van der Waals surface area contributed by atoms with Gasteiger partial charge in [0.1, 0.15) is 52.2 Å². The first-order valence-corrected chi connectivity index (χ1v) is 18.4. The second kappa shape index (κ2) is 13.9. The van der Waals surface area contributed by atoms with Crippen LogP contribution < -0.4 is 25.4 Å². The number of likely N-dealkylation sites (tertiary alicyclic amines) is 1. The Morgan fingerprint density at radius 3 is 2.37 bits per heavy atom. The van der Waals surface area contributed by atoms with E-state index in [0.717, 1.165) is 12.8 Å². The highest BCUT2D eigenvalue weighted by molar-refractivity contribution is 6.36. The lowest BCUT2D eigenvalue weighted by atomic mass is 9.85. The van der Waals surface area contributed by atoms with Crippen LogP contribution in [-0.2, 0) is 19.1 Å². The number of hydrogen-bond donors (Lipinski definition) is 4. The molecule has 51 heavy (non-hydrogen) atoms. The third kappa shape index (κ3) is 7.50. The van der Waals surface area contributed by atoms with Crippen LogP contribution in [-0.4, -0.2) is 88.4 Å². The van der Waals surface area contributed by atoms with Crippen LogP contribution in [0.4, 0.5) is 10.6 Å². The van der Waals surface area contributed by atoms with Crippen molar-refractivity contribution in [2.75, 3.05) is 19.0 Å². The van der Waals surface area contributed by atoms with Crippen molar-refractivity contribution in [2.45, 2.75) is 116 Å².